The minimum absolute atomic E-state index is 0.126. The molecule has 7 nitrogen and oxygen atoms in total. The molecule has 1 aromatic heterocycles. The van der Waals surface area contributed by atoms with Crippen molar-refractivity contribution >= 4 is 5.69 Å². The van der Waals surface area contributed by atoms with Crippen molar-refractivity contribution in [2.24, 2.45) is 0 Å². The molecule has 2 aromatic carbocycles. The van der Waals surface area contributed by atoms with Crippen LogP contribution >= 0.6 is 0 Å². The first-order chi connectivity index (χ1) is 16.0. The molecule has 0 radical (unpaired) electrons. The number of anilines is 1. The molecule has 0 fully saturated rings. The Labute approximate surface area is 196 Å². The number of aliphatic hydroxyl groups excluding tert-OH is 1. The van der Waals surface area contributed by atoms with E-state index in [1.54, 1.807) is 19.1 Å². The molecule has 1 heterocycles. The Morgan fingerprint density at radius 3 is 2.24 bits per heavy atom. The van der Waals surface area contributed by atoms with E-state index in [0.717, 1.165) is 17.8 Å². The predicted octanol–water partition coefficient (Wildman–Crippen LogP) is 4.94. The van der Waals surface area contributed by atoms with Crippen molar-refractivity contribution in [3.05, 3.63) is 54.1 Å². The van der Waals surface area contributed by atoms with E-state index >= 15 is 0 Å². The third-order valence-corrected chi connectivity index (χ3v) is 4.69. The van der Waals surface area contributed by atoms with Crippen LogP contribution < -0.4 is 10.1 Å². The SMILES string of the molecule is CCOc1nc(-c2ccc(C(F)(F)F)cc2)n(-c2ccc(NC[C@@H](O)COC(C)(C)C)cc2)n1. The molecule has 184 valence electrons. The maximum absolute atomic E-state index is 12.9. The van der Waals surface area contributed by atoms with Gasteiger partial charge in [-0.05, 0) is 64.1 Å². The maximum Gasteiger partial charge on any atom is 0.416 e. The summed E-state index contributed by atoms with van der Waals surface area (Å²) in [5.74, 6) is 0.354. The smallest absolute Gasteiger partial charge is 0.416 e. The third-order valence-electron chi connectivity index (χ3n) is 4.69. The number of ether oxygens (including phenoxy) is 2. The van der Waals surface area contributed by atoms with Crippen LogP contribution in [0.2, 0.25) is 0 Å². The van der Waals surface area contributed by atoms with Crippen molar-refractivity contribution in [2.75, 3.05) is 25.1 Å². The Balaban J connectivity index is 1.77. The van der Waals surface area contributed by atoms with Gasteiger partial charge in [0.15, 0.2) is 5.82 Å². The zero-order valence-electron chi connectivity index (χ0n) is 19.6. The van der Waals surface area contributed by atoms with Gasteiger partial charge >= 0.3 is 12.2 Å². The molecular formula is C24H29F3N4O3. The summed E-state index contributed by atoms with van der Waals surface area (Å²) in [6.07, 6.45) is -5.09. The molecule has 0 aliphatic rings. The quantitative estimate of drug-likeness (QED) is 0.454. The zero-order valence-corrected chi connectivity index (χ0v) is 19.6. The van der Waals surface area contributed by atoms with Crippen LogP contribution in [0.25, 0.3) is 17.1 Å². The molecule has 3 aromatic rings. The third kappa shape index (κ3) is 6.94. The second-order valence-corrected chi connectivity index (χ2v) is 8.64. The van der Waals surface area contributed by atoms with Crippen LogP contribution in [0.5, 0.6) is 6.01 Å². The number of aliphatic hydroxyl groups is 1. The predicted molar refractivity (Wildman–Crippen MR) is 123 cm³/mol. The van der Waals surface area contributed by atoms with Crippen molar-refractivity contribution in [3.63, 3.8) is 0 Å². The number of aromatic nitrogens is 3. The highest BCUT2D eigenvalue weighted by Crippen LogP contribution is 2.31. The first kappa shape index (κ1) is 25.5. The fourth-order valence-corrected chi connectivity index (χ4v) is 3.02. The van der Waals surface area contributed by atoms with Gasteiger partial charge in [-0.25, -0.2) is 4.68 Å². The lowest BCUT2D eigenvalue weighted by atomic mass is 10.1. The number of alkyl halides is 3. The lowest BCUT2D eigenvalue weighted by Crippen LogP contribution is -2.30. The van der Waals surface area contributed by atoms with Gasteiger partial charge in [0.2, 0.25) is 0 Å². The summed E-state index contributed by atoms with van der Waals surface area (Å²) >= 11 is 0. The monoisotopic (exact) mass is 478 g/mol. The normalized spacial score (nSPS) is 13.1. The van der Waals surface area contributed by atoms with Crippen molar-refractivity contribution in [1.29, 1.82) is 0 Å². The largest absolute Gasteiger partial charge is 0.463 e. The van der Waals surface area contributed by atoms with Crippen molar-refractivity contribution < 1.29 is 27.8 Å². The van der Waals surface area contributed by atoms with E-state index in [2.05, 4.69) is 15.4 Å². The second kappa shape index (κ2) is 10.4. The number of nitrogens with one attached hydrogen (secondary N) is 1. The number of nitrogens with zero attached hydrogens (tertiary/aromatic N) is 3. The first-order valence-electron chi connectivity index (χ1n) is 10.9. The van der Waals surface area contributed by atoms with Crippen LogP contribution in [-0.2, 0) is 10.9 Å². The highest BCUT2D eigenvalue weighted by atomic mass is 19.4. The van der Waals surface area contributed by atoms with Crippen LogP contribution in [0.1, 0.15) is 33.3 Å². The van der Waals surface area contributed by atoms with Crippen molar-refractivity contribution in [1.82, 2.24) is 14.8 Å². The van der Waals surface area contributed by atoms with Gasteiger partial charge in [-0.15, -0.1) is 5.10 Å². The average molecular weight is 479 g/mol. The Morgan fingerprint density at radius 1 is 1.03 bits per heavy atom. The highest BCUT2D eigenvalue weighted by molar-refractivity contribution is 5.60. The summed E-state index contributed by atoms with van der Waals surface area (Å²) in [4.78, 5) is 4.35. The molecule has 34 heavy (non-hydrogen) atoms. The van der Waals surface area contributed by atoms with E-state index in [4.69, 9.17) is 9.47 Å². The molecule has 2 N–H and O–H groups in total. The van der Waals surface area contributed by atoms with Gasteiger partial charge in [0.1, 0.15) is 0 Å². The fourth-order valence-electron chi connectivity index (χ4n) is 3.02. The number of benzene rings is 2. The molecule has 3 rings (SSSR count). The minimum atomic E-state index is -4.42. The minimum Gasteiger partial charge on any atom is -0.463 e. The van der Waals surface area contributed by atoms with Gasteiger partial charge in [-0.2, -0.15) is 18.2 Å². The van der Waals surface area contributed by atoms with Gasteiger partial charge in [0, 0.05) is 17.8 Å². The Morgan fingerprint density at radius 2 is 1.68 bits per heavy atom. The second-order valence-electron chi connectivity index (χ2n) is 8.64. The van der Waals surface area contributed by atoms with Crippen LogP contribution in [0.15, 0.2) is 48.5 Å². The average Bonchev–Trinajstić information content (AvgIpc) is 3.20. The number of hydrogen-bond donors (Lipinski definition) is 2. The van der Waals surface area contributed by atoms with Gasteiger partial charge in [0.25, 0.3) is 0 Å². The molecule has 0 saturated carbocycles. The van der Waals surface area contributed by atoms with E-state index in [-0.39, 0.29) is 18.2 Å². The number of halogens is 3. The van der Waals surface area contributed by atoms with Gasteiger partial charge < -0.3 is 19.9 Å². The number of rotatable bonds is 9. The molecule has 0 amide bonds. The summed E-state index contributed by atoms with van der Waals surface area (Å²) in [6.45, 7) is 8.43. The summed E-state index contributed by atoms with van der Waals surface area (Å²) < 4.78 is 51.3. The zero-order chi connectivity index (χ0) is 24.9. The van der Waals surface area contributed by atoms with E-state index in [1.807, 2.05) is 32.9 Å². The Hall–Kier alpha value is -3.11. The van der Waals surface area contributed by atoms with Crippen LogP contribution in [0.4, 0.5) is 18.9 Å². The molecular weight excluding hydrogens is 449 g/mol. The molecule has 0 spiro atoms. The molecule has 0 bridgehead atoms. The maximum atomic E-state index is 12.9. The van der Waals surface area contributed by atoms with Crippen LogP contribution in [-0.4, -0.2) is 51.3 Å². The van der Waals surface area contributed by atoms with Crippen LogP contribution in [0.3, 0.4) is 0 Å². The fraction of sp³-hybridized carbons (Fsp3) is 0.417. The summed E-state index contributed by atoms with van der Waals surface area (Å²) in [6, 6.07) is 12.1. The Kier molecular flexibility index (Phi) is 7.83. The first-order valence-corrected chi connectivity index (χ1v) is 10.9. The van der Waals surface area contributed by atoms with E-state index in [0.29, 0.717) is 30.2 Å². The summed E-state index contributed by atoms with van der Waals surface area (Å²) in [5, 5.41) is 17.6. The van der Waals surface area contributed by atoms with E-state index < -0.39 is 17.8 Å². The number of hydrogen-bond acceptors (Lipinski definition) is 6. The highest BCUT2D eigenvalue weighted by Gasteiger charge is 2.30. The van der Waals surface area contributed by atoms with E-state index in [1.165, 1.54) is 16.8 Å². The lowest BCUT2D eigenvalue weighted by molar-refractivity contribution is -0.137. The Bertz CT molecular complexity index is 1060. The van der Waals surface area contributed by atoms with Crippen molar-refractivity contribution in [2.45, 2.75) is 45.6 Å². The molecule has 0 aliphatic carbocycles. The lowest BCUT2D eigenvalue weighted by Gasteiger charge is -2.22. The molecule has 0 unspecified atom stereocenters. The molecule has 0 aliphatic heterocycles. The summed E-state index contributed by atoms with van der Waals surface area (Å²) in [7, 11) is 0. The van der Waals surface area contributed by atoms with Gasteiger partial charge in [0.05, 0.1) is 36.2 Å². The molecule has 1 atom stereocenters. The standard InChI is InChI=1S/C24H29F3N4O3/c1-5-33-22-29-21(16-6-8-17(9-7-16)24(25,26)27)31(30-22)19-12-10-18(11-13-19)28-14-20(32)15-34-23(2,3)4/h6-13,20,28,32H,5,14-15H2,1-4H3/t20-/m1/s1. The van der Waals surface area contributed by atoms with Gasteiger partial charge in [-0.3, -0.25) is 0 Å². The topological polar surface area (TPSA) is 81.4 Å². The van der Waals surface area contributed by atoms with Crippen molar-refractivity contribution in [3.8, 4) is 23.1 Å². The van der Waals surface area contributed by atoms with E-state index in [9.17, 15) is 18.3 Å². The summed E-state index contributed by atoms with van der Waals surface area (Å²) in [5.41, 5.74) is 0.828. The molecule has 10 heteroatoms. The van der Waals surface area contributed by atoms with Gasteiger partial charge in [-0.1, -0.05) is 12.1 Å². The molecule has 0 saturated heterocycles. The van der Waals surface area contributed by atoms with Crippen LogP contribution in [0, 0.1) is 0 Å².